The molecule has 0 saturated carbocycles. The minimum atomic E-state index is -1.00. The zero-order valence-corrected chi connectivity index (χ0v) is 19.6. The molecule has 0 atom stereocenters. The lowest BCUT2D eigenvalue weighted by Crippen LogP contribution is -2.05. The van der Waals surface area contributed by atoms with Crippen LogP contribution in [0.25, 0.3) is 22.2 Å². The van der Waals surface area contributed by atoms with Gasteiger partial charge in [0.1, 0.15) is 11.4 Å². The first-order valence-corrected chi connectivity index (χ1v) is 11.8. The number of nitrogens with zero attached hydrogens (tertiary/aromatic N) is 1. The zero-order chi connectivity index (χ0) is 24.6. The second-order valence-corrected chi connectivity index (χ2v) is 8.31. The predicted octanol–water partition coefficient (Wildman–Crippen LogP) is 6.45. The summed E-state index contributed by atoms with van der Waals surface area (Å²) >= 11 is 0. The summed E-state index contributed by atoms with van der Waals surface area (Å²) in [4.78, 5) is 10.7. The highest BCUT2D eigenvalue weighted by molar-refractivity contribution is 5.94. The van der Waals surface area contributed by atoms with Crippen molar-refractivity contribution in [1.82, 2.24) is 5.16 Å². The van der Waals surface area contributed by atoms with Gasteiger partial charge in [-0.15, -0.1) is 0 Å². The summed E-state index contributed by atoms with van der Waals surface area (Å²) < 4.78 is 31.4. The van der Waals surface area contributed by atoms with Crippen LogP contribution in [-0.2, 0) is 17.6 Å². The smallest absolute Gasteiger partial charge is 0.307 e. The molecule has 6 nitrogen and oxygen atoms in total. The summed E-state index contributed by atoms with van der Waals surface area (Å²) in [6.45, 7) is 2.94. The van der Waals surface area contributed by atoms with Gasteiger partial charge in [0.2, 0.25) is 0 Å². The van der Waals surface area contributed by atoms with Gasteiger partial charge in [0.05, 0.1) is 25.0 Å². The molecule has 3 aromatic carbocycles. The maximum Gasteiger partial charge on any atom is 0.307 e. The summed E-state index contributed by atoms with van der Waals surface area (Å²) in [5, 5.41) is 14.1. The molecule has 1 aromatic heterocycles. The Morgan fingerprint density at radius 1 is 1.00 bits per heavy atom. The van der Waals surface area contributed by atoms with Crippen molar-refractivity contribution in [2.24, 2.45) is 0 Å². The molecule has 1 heterocycles. The first-order chi connectivity index (χ1) is 17.1. The van der Waals surface area contributed by atoms with Crippen LogP contribution in [0.3, 0.4) is 0 Å². The normalized spacial score (nSPS) is 11.0. The summed E-state index contributed by atoms with van der Waals surface area (Å²) in [7, 11) is 0. The van der Waals surface area contributed by atoms with E-state index in [-0.39, 0.29) is 12.2 Å². The van der Waals surface area contributed by atoms with Crippen molar-refractivity contribution in [2.75, 3.05) is 13.2 Å². The van der Waals surface area contributed by atoms with E-state index in [0.717, 1.165) is 52.8 Å². The van der Waals surface area contributed by atoms with Crippen LogP contribution >= 0.6 is 0 Å². The Labute approximate surface area is 203 Å². The molecule has 0 amide bonds. The Kier molecular flexibility index (Phi) is 7.98. The van der Waals surface area contributed by atoms with Gasteiger partial charge in [-0.1, -0.05) is 54.9 Å². The molecule has 4 rings (SSSR count). The van der Waals surface area contributed by atoms with Crippen LogP contribution in [0.4, 0.5) is 4.39 Å². The maximum atomic E-state index is 14.1. The maximum absolute atomic E-state index is 14.1. The van der Waals surface area contributed by atoms with Crippen LogP contribution < -0.4 is 9.47 Å². The van der Waals surface area contributed by atoms with Crippen molar-refractivity contribution in [2.45, 2.75) is 39.0 Å². The van der Waals surface area contributed by atoms with Crippen molar-refractivity contribution in [3.8, 4) is 22.8 Å². The number of ether oxygens (including phenoxy) is 2. The Morgan fingerprint density at radius 3 is 2.40 bits per heavy atom. The molecule has 0 fully saturated rings. The van der Waals surface area contributed by atoms with Crippen LogP contribution in [0.5, 0.6) is 11.5 Å². The third kappa shape index (κ3) is 5.98. The molecule has 4 aromatic rings. The van der Waals surface area contributed by atoms with Gasteiger partial charge in [-0.3, -0.25) is 4.79 Å². The van der Waals surface area contributed by atoms with E-state index in [1.54, 1.807) is 6.07 Å². The van der Waals surface area contributed by atoms with Gasteiger partial charge in [0, 0.05) is 11.1 Å². The quantitative estimate of drug-likeness (QED) is 0.236. The third-order valence-corrected chi connectivity index (χ3v) is 5.65. The topological polar surface area (TPSA) is 81.8 Å². The SMILES string of the molecule is CCCc1c(OCCCCOc2ccc(CC(=O)O)cc2F)ccc2c(-c3ccccc3)noc12. The van der Waals surface area contributed by atoms with Gasteiger partial charge in [0.25, 0.3) is 0 Å². The van der Waals surface area contributed by atoms with Crippen molar-refractivity contribution >= 4 is 16.9 Å². The minimum absolute atomic E-state index is 0.121. The fourth-order valence-electron chi connectivity index (χ4n) is 3.98. The molecule has 0 saturated heterocycles. The third-order valence-electron chi connectivity index (χ3n) is 5.65. The number of fused-ring (bicyclic) bond motifs is 1. The highest BCUT2D eigenvalue weighted by atomic mass is 19.1. The molecule has 182 valence electrons. The number of halogens is 1. The van der Waals surface area contributed by atoms with E-state index in [4.69, 9.17) is 19.1 Å². The first-order valence-electron chi connectivity index (χ1n) is 11.8. The minimum Gasteiger partial charge on any atom is -0.493 e. The number of benzene rings is 3. The van der Waals surface area contributed by atoms with E-state index in [9.17, 15) is 9.18 Å². The summed E-state index contributed by atoms with van der Waals surface area (Å²) in [6.07, 6.45) is 2.95. The summed E-state index contributed by atoms with van der Waals surface area (Å²) in [5.74, 6) is -0.648. The number of aromatic nitrogens is 1. The number of aryl methyl sites for hydroxylation is 1. The standard InChI is InChI=1S/C28H28FNO5/c1-2-8-21-24(14-12-22-27(30-35-28(21)22)20-9-4-3-5-10-20)33-15-6-7-16-34-25-13-11-19(17-23(25)29)18-26(31)32/h3-5,9-14,17H,2,6-8,15-16,18H2,1H3,(H,31,32). The highest BCUT2D eigenvalue weighted by Crippen LogP contribution is 2.35. The molecular weight excluding hydrogens is 449 g/mol. The van der Waals surface area contributed by atoms with Crippen LogP contribution in [0, 0.1) is 5.82 Å². The fraction of sp³-hybridized carbons (Fsp3) is 0.286. The molecule has 7 heteroatoms. The number of carboxylic acid groups (broad SMARTS) is 1. The zero-order valence-electron chi connectivity index (χ0n) is 19.6. The number of unbranched alkanes of at least 4 members (excludes halogenated alkanes) is 1. The number of hydrogen-bond donors (Lipinski definition) is 1. The predicted molar refractivity (Wildman–Crippen MR) is 131 cm³/mol. The summed E-state index contributed by atoms with van der Waals surface area (Å²) in [5.41, 5.74) is 4.01. The molecule has 1 N–H and O–H groups in total. The van der Waals surface area contributed by atoms with Gasteiger partial charge in [-0.25, -0.2) is 4.39 Å². The summed E-state index contributed by atoms with van der Waals surface area (Å²) in [6, 6.07) is 18.2. The molecule has 0 spiro atoms. The Hall–Kier alpha value is -3.87. The lowest BCUT2D eigenvalue weighted by atomic mass is 10.0. The molecule has 0 radical (unpaired) electrons. The van der Waals surface area contributed by atoms with Gasteiger partial charge < -0.3 is 19.1 Å². The van der Waals surface area contributed by atoms with Crippen molar-refractivity contribution in [3.63, 3.8) is 0 Å². The molecular formula is C28H28FNO5. The number of carbonyl (C=O) groups is 1. The van der Waals surface area contributed by atoms with Crippen molar-refractivity contribution < 1.29 is 28.3 Å². The number of rotatable bonds is 12. The first kappa shape index (κ1) is 24.3. The molecule has 0 aliphatic rings. The van der Waals surface area contributed by atoms with E-state index < -0.39 is 11.8 Å². The largest absolute Gasteiger partial charge is 0.493 e. The molecule has 35 heavy (non-hydrogen) atoms. The van der Waals surface area contributed by atoms with Crippen LogP contribution in [0.1, 0.15) is 37.3 Å². The van der Waals surface area contributed by atoms with E-state index in [1.165, 1.54) is 12.1 Å². The lowest BCUT2D eigenvalue weighted by molar-refractivity contribution is -0.136. The molecule has 0 aliphatic carbocycles. The van der Waals surface area contributed by atoms with Gasteiger partial charge >= 0.3 is 5.97 Å². The molecule has 0 unspecified atom stereocenters. The second kappa shape index (κ2) is 11.5. The number of hydrogen-bond acceptors (Lipinski definition) is 5. The number of carboxylic acids is 1. The lowest BCUT2D eigenvalue weighted by Gasteiger charge is -2.12. The Bertz CT molecular complexity index is 1290. The van der Waals surface area contributed by atoms with Crippen LogP contribution in [-0.4, -0.2) is 29.4 Å². The Balaban J connectivity index is 1.33. The Morgan fingerprint density at radius 2 is 1.71 bits per heavy atom. The van der Waals surface area contributed by atoms with Gasteiger partial charge in [-0.2, -0.15) is 0 Å². The van der Waals surface area contributed by atoms with E-state index in [0.29, 0.717) is 25.2 Å². The van der Waals surface area contributed by atoms with E-state index >= 15 is 0 Å². The van der Waals surface area contributed by atoms with Crippen LogP contribution in [0.2, 0.25) is 0 Å². The monoisotopic (exact) mass is 477 g/mol. The van der Waals surface area contributed by atoms with Crippen LogP contribution in [0.15, 0.2) is 65.2 Å². The average molecular weight is 478 g/mol. The fourth-order valence-corrected chi connectivity index (χ4v) is 3.98. The van der Waals surface area contributed by atoms with Crippen molar-refractivity contribution in [1.29, 1.82) is 0 Å². The molecule has 0 bridgehead atoms. The van der Waals surface area contributed by atoms with Crippen molar-refractivity contribution in [3.05, 3.63) is 77.6 Å². The van der Waals surface area contributed by atoms with Gasteiger partial charge in [0.15, 0.2) is 17.1 Å². The average Bonchev–Trinajstić information content (AvgIpc) is 3.28. The highest BCUT2D eigenvalue weighted by Gasteiger charge is 2.17. The second-order valence-electron chi connectivity index (χ2n) is 8.31. The van der Waals surface area contributed by atoms with E-state index in [1.807, 2.05) is 42.5 Å². The number of aliphatic carboxylic acids is 1. The molecule has 0 aliphatic heterocycles. The van der Waals surface area contributed by atoms with E-state index in [2.05, 4.69) is 12.1 Å². The van der Waals surface area contributed by atoms with Gasteiger partial charge in [-0.05, 0) is 49.1 Å².